The van der Waals surface area contributed by atoms with Crippen LogP contribution in [0.25, 0.3) is 6.08 Å². The molecule has 0 saturated carbocycles. The van der Waals surface area contributed by atoms with Crippen molar-refractivity contribution in [2.45, 2.75) is 36.0 Å². The molecule has 1 atom stereocenters. The zero-order valence-corrected chi connectivity index (χ0v) is 19.4. The van der Waals surface area contributed by atoms with Crippen LogP contribution >= 0.6 is 0 Å². The first kappa shape index (κ1) is 22.1. The summed E-state index contributed by atoms with van der Waals surface area (Å²) in [5.41, 5.74) is 4.58. The summed E-state index contributed by atoms with van der Waals surface area (Å²) >= 11 is -0.602. The Hall–Kier alpha value is 0.0800. The number of halogens is 2. The standard InChI is InChI=1S/C10H17OSi.C9H7.2ClH.Zr/c1-12(2)10-7-3-5-9(10)6-4-8-11;1-2-5-9-7-3-6-8(9)4-1;;;/h5,11-12H,3-4,6,8H2,1-2H3;1-7H;2*1H;/q;;;;+2/p-2. The van der Waals surface area contributed by atoms with Crippen molar-refractivity contribution in [1.82, 2.24) is 0 Å². The molecule has 1 aromatic carbocycles. The van der Waals surface area contributed by atoms with E-state index in [-0.39, 0.29) is 24.8 Å². The van der Waals surface area contributed by atoms with Gasteiger partial charge >= 0.3 is 147 Å². The van der Waals surface area contributed by atoms with Crippen LogP contribution < -0.4 is 24.8 Å². The zero-order chi connectivity index (χ0) is 15.5. The summed E-state index contributed by atoms with van der Waals surface area (Å²) in [6.07, 6.45) is 10.5. The van der Waals surface area contributed by atoms with Crippen LogP contribution in [0.3, 0.4) is 0 Å². The average molecular weight is 459 g/mol. The fourth-order valence-corrected chi connectivity index (χ4v) is 11.7. The minimum absolute atomic E-state index is 0. The third kappa shape index (κ3) is 4.83. The van der Waals surface area contributed by atoms with E-state index >= 15 is 0 Å². The van der Waals surface area contributed by atoms with E-state index in [2.05, 4.69) is 55.6 Å². The largest absolute Gasteiger partial charge is 1.00 e. The maximum atomic E-state index is 9.13. The van der Waals surface area contributed by atoms with Gasteiger partial charge in [0, 0.05) is 0 Å². The molecule has 0 bridgehead atoms. The number of allylic oxidation sites excluding steroid dienone is 5. The van der Waals surface area contributed by atoms with E-state index in [0.717, 1.165) is 16.5 Å². The Bertz CT molecular complexity index is 653. The maximum absolute atomic E-state index is 9.13. The molecule has 1 aromatic rings. The molecule has 0 aliphatic heterocycles. The monoisotopic (exact) mass is 456 g/mol. The predicted octanol–water partition coefficient (Wildman–Crippen LogP) is -1.77. The van der Waals surface area contributed by atoms with Crippen LogP contribution in [0.5, 0.6) is 0 Å². The summed E-state index contributed by atoms with van der Waals surface area (Å²) in [4.78, 5) is 0. The molecule has 1 unspecified atom stereocenters. The Balaban J connectivity index is 0.00000144. The van der Waals surface area contributed by atoms with Crippen LogP contribution in [0.2, 0.25) is 13.1 Å². The molecule has 128 valence electrons. The van der Waals surface area contributed by atoms with E-state index in [9.17, 15) is 0 Å². The van der Waals surface area contributed by atoms with Crippen molar-refractivity contribution < 1.29 is 53.2 Å². The first-order valence-electron chi connectivity index (χ1n) is 8.27. The second kappa shape index (κ2) is 10.3. The third-order valence-electron chi connectivity index (χ3n) is 4.53. The summed E-state index contributed by atoms with van der Waals surface area (Å²) in [7, 11) is -0.780. The van der Waals surface area contributed by atoms with Gasteiger partial charge in [0.05, 0.1) is 0 Å². The van der Waals surface area contributed by atoms with E-state index in [1.165, 1.54) is 12.0 Å². The Labute approximate surface area is 171 Å². The van der Waals surface area contributed by atoms with E-state index in [4.69, 9.17) is 5.11 Å². The van der Waals surface area contributed by atoms with Gasteiger partial charge in [-0.05, 0) is 0 Å². The molecule has 5 heteroatoms. The molecule has 0 radical (unpaired) electrons. The molecule has 0 heterocycles. The molecule has 24 heavy (non-hydrogen) atoms. The van der Waals surface area contributed by atoms with Crippen molar-refractivity contribution >= 4 is 14.9 Å². The van der Waals surface area contributed by atoms with Crippen LogP contribution in [0.15, 0.2) is 50.5 Å². The van der Waals surface area contributed by atoms with Crippen LogP contribution in [0.1, 0.15) is 34.0 Å². The molecule has 0 spiro atoms. The fourth-order valence-electron chi connectivity index (χ4n) is 3.56. The van der Waals surface area contributed by atoms with E-state index in [1.807, 2.05) is 3.28 Å². The number of hydrogen-bond donors (Lipinski definition) is 1. The molecule has 1 nitrogen and oxygen atoms in total. The van der Waals surface area contributed by atoms with Crippen molar-refractivity contribution in [1.29, 1.82) is 0 Å². The van der Waals surface area contributed by atoms with Gasteiger partial charge in [-0.15, -0.1) is 0 Å². The summed E-state index contributed by atoms with van der Waals surface area (Å²) in [5, 5.41) is 10.9. The normalized spacial score (nSPS) is 18.0. The molecular formula is C19H24Cl2OSiZr. The van der Waals surface area contributed by atoms with Crippen LogP contribution in [-0.4, -0.2) is 20.5 Å². The topological polar surface area (TPSA) is 20.2 Å². The predicted molar refractivity (Wildman–Crippen MR) is 93.1 cm³/mol. The molecule has 0 amide bonds. The van der Waals surface area contributed by atoms with Crippen molar-refractivity contribution in [3.8, 4) is 0 Å². The number of benzene rings is 1. The number of rotatable bonds is 6. The van der Waals surface area contributed by atoms with E-state index in [1.54, 1.807) is 16.3 Å². The Morgan fingerprint density at radius 3 is 2.67 bits per heavy atom. The number of aliphatic hydroxyl groups is 1. The summed E-state index contributed by atoms with van der Waals surface area (Å²) in [6, 6.07) is 8.90. The average Bonchev–Trinajstić information content (AvgIpc) is 3.10. The zero-order valence-electron chi connectivity index (χ0n) is 14.2. The molecule has 3 rings (SSSR count). The van der Waals surface area contributed by atoms with Gasteiger partial charge in [0.15, 0.2) is 0 Å². The van der Waals surface area contributed by atoms with Crippen molar-refractivity contribution in [2.75, 3.05) is 6.61 Å². The Morgan fingerprint density at radius 2 is 1.96 bits per heavy atom. The number of fused-ring (bicyclic) bond motifs is 1. The molecule has 0 aromatic heterocycles. The minimum Gasteiger partial charge on any atom is -1.00 e. The fraction of sp³-hybridized carbons (Fsp3) is 0.368. The first-order valence-corrected chi connectivity index (χ1v) is 13.8. The van der Waals surface area contributed by atoms with Gasteiger partial charge in [-0.3, -0.25) is 0 Å². The Kier molecular flexibility index (Phi) is 9.48. The number of hydrogen-bond acceptors (Lipinski definition) is 1. The van der Waals surface area contributed by atoms with Crippen molar-refractivity contribution in [3.05, 3.63) is 61.6 Å². The smallest absolute Gasteiger partial charge is 1.00 e. The summed E-state index contributed by atoms with van der Waals surface area (Å²) in [5.74, 6) is 0. The quantitative estimate of drug-likeness (QED) is 0.501. The molecule has 0 saturated heterocycles. The van der Waals surface area contributed by atoms with Crippen molar-refractivity contribution in [2.24, 2.45) is 0 Å². The summed E-state index contributed by atoms with van der Waals surface area (Å²) < 4.78 is 2.56. The summed E-state index contributed by atoms with van der Waals surface area (Å²) in [6.45, 7) is 5.24. The molecule has 2 aliphatic carbocycles. The van der Waals surface area contributed by atoms with Gasteiger partial charge in [0.2, 0.25) is 0 Å². The van der Waals surface area contributed by atoms with E-state index < -0.39 is 32.0 Å². The van der Waals surface area contributed by atoms with E-state index in [0.29, 0.717) is 6.61 Å². The van der Waals surface area contributed by atoms with Crippen LogP contribution in [0, 0.1) is 0 Å². The first-order chi connectivity index (χ1) is 10.7. The van der Waals surface area contributed by atoms with Gasteiger partial charge in [-0.25, -0.2) is 0 Å². The van der Waals surface area contributed by atoms with Gasteiger partial charge in [0.25, 0.3) is 0 Å². The van der Waals surface area contributed by atoms with Crippen LogP contribution in [0.4, 0.5) is 0 Å². The number of aliphatic hydroxyl groups excluding tert-OH is 1. The van der Waals surface area contributed by atoms with Crippen LogP contribution in [-0.2, 0) is 23.2 Å². The molecule has 1 N–H and O–H groups in total. The molecular weight excluding hydrogens is 434 g/mol. The van der Waals surface area contributed by atoms with Gasteiger partial charge in [-0.2, -0.15) is 0 Å². The molecule has 0 fully saturated rings. The third-order valence-corrected chi connectivity index (χ3v) is 11.1. The van der Waals surface area contributed by atoms with Gasteiger partial charge in [-0.1, -0.05) is 0 Å². The van der Waals surface area contributed by atoms with Gasteiger partial charge in [0.1, 0.15) is 0 Å². The molecule has 2 aliphatic rings. The second-order valence-corrected chi connectivity index (χ2v) is 13.0. The second-order valence-electron chi connectivity index (χ2n) is 6.42. The SMILES string of the molecule is C[SiH](C)C1=[C]([Zr+2][CH]2C=Cc3ccccc32)CC=C1CCCO.[Cl-].[Cl-]. The maximum Gasteiger partial charge on any atom is -1.00 e. The Morgan fingerprint density at radius 1 is 1.21 bits per heavy atom. The van der Waals surface area contributed by atoms with Crippen molar-refractivity contribution in [3.63, 3.8) is 0 Å². The van der Waals surface area contributed by atoms with Gasteiger partial charge < -0.3 is 24.8 Å². The minimum atomic E-state index is -0.780.